The lowest BCUT2D eigenvalue weighted by molar-refractivity contribution is 0.660. The fourth-order valence-corrected chi connectivity index (χ4v) is 16.2. The highest BCUT2D eigenvalue weighted by Gasteiger charge is 2.51. The highest BCUT2D eigenvalue weighted by Crippen LogP contribution is 2.64. The molecule has 1 spiro atoms. The molecule has 78 heavy (non-hydrogen) atoms. The van der Waals surface area contributed by atoms with E-state index >= 15 is 0 Å². The van der Waals surface area contributed by atoms with Crippen molar-refractivity contribution in [2.45, 2.75) is 63.2 Å². The van der Waals surface area contributed by atoms with Gasteiger partial charge >= 0.3 is 0 Å². The molecule has 0 saturated heterocycles. The molecule has 0 bridgehead atoms. The molecule has 0 atom stereocenters. The van der Waals surface area contributed by atoms with Gasteiger partial charge in [-0.3, -0.25) is 0 Å². The van der Waals surface area contributed by atoms with Gasteiger partial charge < -0.3 is 0 Å². The molecule has 0 aromatic heterocycles. The van der Waals surface area contributed by atoms with Gasteiger partial charge in [-0.25, -0.2) is 0 Å². The molecule has 0 heteroatoms. The summed E-state index contributed by atoms with van der Waals surface area (Å²) in [5.74, 6) is 0. The zero-order valence-corrected chi connectivity index (χ0v) is 44.9. The molecule has 0 radical (unpaired) electrons. The molecule has 12 aromatic carbocycles. The summed E-state index contributed by atoms with van der Waals surface area (Å²) in [6, 6.07) is 89.6. The molecule has 12 aromatic rings. The van der Waals surface area contributed by atoms with Gasteiger partial charge in [-0.2, -0.15) is 0 Å². The van der Waals surface area contributed by atoms with Gasteiger partial charge in [0, 0.05) is 16.2 Å². The molecule has 368 valence electrons. The first kappa shape index (κ1) is 44.3. The molecule has 0 heterocycles. The molecule has 5 aliphatic carbocycles. The second-order valence-corrected chi connectivity index (χ2v) is 24.6. The minimum atomic E-state index is -0.429. The van der Waals surface area contributed by atoms with Gasteiger partial charge in [0.1, 0.15) is 0 Å². The Hall–Kier alpha value is -8.84. The molecular formula is C78H56. The van der Waals surface area contributed by atoms with Crippen LogP contribution in [0.1, 0.15) is 97.2 Å². The predicted octanol–water partition coefficient (Wildman–Crippen LogP) is 20.3. The van der Waals surface area contributed by atoms with Gasteiger partial charge in [-0.15, -0.1) is 0 Å². The third-order valence-corrected chi connectivity index (χ3v) is 19.9. The van der Waals surface area contributed by atoms with Crippen molar-refractivity contribution in [1.82, 2.24) is 0 Å². The normalized spacial score (nSPS) is 16.0. The molecule has 0 saturated carbocycles. The van der Waals surface area contributed by atoms with Crippen molar-refractivity contribution in [1.29, 1.82) is 0 Å². The quantitative estimate of drug-likeness (QED) is 0.155. The van der Waals surface area contributed by atoms with Crippen LogP contribution in [-0.4, -0.2) is 0 Å². The summed E-state index contributed by atoms with van der Waals surface area (Å²) in [6.07, 6.45) is 0. The van der Waals surface area contributed by atoms with Gasteiger partial charge in [0.2, 0.25) is 0 Å². The largest absolute Gasteiger partial charge is 0.0725 e. The molecular weight excluding hydrogens is 937 g/mol. The van der Waals surface area contributed by atoms with Gasteiger partial charge in [0.15, 0.2) is 0 Å². The first-order valence-corrected chi connectivity index (χ1v) is 28.1. The van der Waals surface area contributed by atoms with Crippen LogP contribution in [0, 0.1) is 0 Å². The van der Waals surface area contributed by atoms with Crippen molar-refractivity contribution in [2.24, 2.45) is 0 Å². The minimum absolute atomic E-state index is 0.148. The molecule has 0 N–H and O–H groups in total. The second kappa shape index (κ2) is 15.0. The molecule has 0 fully saturated rings. The standard InChI is InChI=1S/C78H56/c1-75(2)63-25-13-7-19-49(63)55-36-33-47(41-69(55)75)73-58-38-32-45(46-31-35-57-53-23-12-18-30-68(53)78(72(57)40-46)66-28-16-10-21-51(66)52-22-11-17-29-67(52)78)39-60(58)74(48-34-37-56-50-20-8-14-26-64(50)76(3,4)70(56)42-48)62-44-71-59(43-61(62)73)54-24-9-15-27-65(54)77(71,5)6/h7-44H,1-6H3. The monoisotopic (exact) mass is 992 g/mol. The molecule has 0 unspecified atom stereocenters. The van der Waals surface area contributed by atoms with Crippen LogP contribution in [-0.2, 0) is 21.7 Å². The lowest BCUT2D eigenvalue weighted by Crippen LogP contribution is -2.25. The van der Waals surface area contributed by atoms with Crippen molar-refractivity contribution < 1.29 is 0 Å². The summed E-state index contributed by atoms with van der Waals surface area (Å²) in [5, 5.41) is 5.14. The lowest BCUT2D eigenvalue weighted by Gasteiger charge is -2.30. The van der Waals surface area contributed by atoms with E-state index in [4.69, 9.17) is 0 Å². The van der Waals surface area contributed by atoms with Gasteiger partial charge in [0.05, 0.1) is 5.41 Å². The Morgan fingerprint density at radius 3 is 0.962 bits per heavy atom. The summed E-state index contributed by atoms with van der Waals surface area (Å²) in [7, 11) is 0. The lowest BCUT2D eigenvalue weighted by atomic mass is 9.70. The SMILES string of the molecule is CC1(C)c2ccccc2-c2ccc(-c3c4ccc(-c5ccc6c(c5)C5(c7ccccc7-c7ccccc75)c5ccccc5-6)cc4c(-c4ccc5c(c4)C(C)(C)c4ccccc4-5)c4cc5c(cc34)-c3ccccc3C5(C)C)cc21. The maximum absolute atomic E-state index is 2.61. The van der Waals surface area contributed by atoms with Crippen molar-refractivity contribution in [3.63, 3.8) is 0 Å². The van der Waals surface area contributed by atoms with E-state index in [-0.39, 0.29) is 16.2 Å². The number of hydrogen-bond acceptors (Lipinski definition) is 0. The number of fused-ring (bicyclic) bond motifs is 21. The Kier molecular flexibility index (Phi) is 8.52. The van der Waals surface area contributed by atoms with E-state index in [1.54, 1.807) is 0 Å². The molecule has 0 nitrogen and oxygen atoms in total. The van der Waals surface area contributed by atoms with E-state index in [0.29, 0.717) is 0 Å². The van der Waals surface area contributed by atoms with Crippen molar-refractivity contribution in [2.75, 3.05) is 0 Å². The van der Waals surface area contributed by atoms with Crippen LogP contribution < -0.4 is 0 Å². The van der Waals surface area contributed by atoms with E-state index < -0.39 is 5.41 Å². The van der Waals surface area contributed by atoms with Crippen LogP contribution in [0.25, 0.3) is 111 Å². The van der Waals surface area contributed by atoms with E-state index in [2.05, 4.69) is 272 Å². The average molecular weight is 993 g/mol. The third-order valence-electron chi connectivity index (χ3n) is 19.9. The number of hydrogen-bond donors (Lipinski definition) is 0. The van der Waals surface area contributed by atoms with Crippen LogP contribution in [0.4, 0.5) is 0 Å². The first-order chi connectivity index (χ1) is 38.0. The highest BCUT2D eigenvalue weighted by atomic mass is 14.5. The Morgan fingerprint density at radius 1 is 0.192 bits per heavy atom. The maximum atomic E-state index is 2.61. The van der Waals surface area contributed by atoms with Gasteiger partial charge in [-0.1, -0.05) is 236 Å². The second-order valence-electron chi connectivity index (χ2n) is 24.6. The molecule has 5 aliphatic rings. The van der Waals surface area contributed by atoms with Crippen LogP contribution in [0.5, 0.6) is 0 Å². The summed E-state index contributed by atoms with van der Waals surface area (Å²) in [5.41, 5.74) is 33.8. The van der Waals surface area contributed by atoms with Gasteiger partial charge in [-0.05, 0) is 203 Å². The minimum Gasteiger partial charge on any atom is -0.0619 e. The van der Waals surface area contributed by atoms with Crippen LogP contribution >= 0.6 is 0 Å². The third kappa shape index (κ3) is 5.41. The first-order valence-electron chi connectivity index (χ1n) is 28.1. The van der Waals surface area contributed by atoms with Crippen molar-refractivity contribution in [3.05, 3.63) is 286 Å². The Bertz CT molecular complexity index is 4640. The zero-order valence-electron chi connectivity index (χ0n) is 44.9. The average Bonchev–Trinajstić information content (AvgIpc) is 2.84. The zero-order chi connectivity index (χ0) is 52.2. The van der Waals surface area contributed by atoms with E-state index in [1.165, 1.54) is 166 Å². The highest BCUT2D eigenvalue weighted by molar-refractivity contribution is 6.23. The summed E-state index contributed by atoms with van der Waals surface area (Å²) in [4.78, 5) is 0. The van der Waals surface area contributed by atoms with Crippen LogP contribution in [0.15, 0.2) is 231 Å². The molecule has 17 rings (SSSR count). The molecule has 0 aliphatic heterocycles. The van der Waals surface area contributed by atoms with Crippen molar-refractivity contribution >= 4 is 21.5 Å². The van der Waals surface area contributed by atoms with Gasteiger partial charge in [0.25, 0.3) is 0 Å². The van der Waals surface area contributed by atoms with E-state index in [0.717, 1.165) is 0 Å². The summed E-state index contributed by atoms with van der Waals surface area (Å²) >= 11 is 0. The Labute approximate surface area is 457 Å². The van der Waals surface area contributed by atoms with Crippen LogP contribution in [0.3, 0.4) is 0 Å². The summed E-state index contributed by atoms with van der Waals surface area (Å²) < 4.78 is 0. The predicted molar refractivity (Wildman–Crippen MR) is 327 cm³/mol. The fraction of sp³-hybridized carbons (Fsp3) is 0.128. The smallest absolute Gasteiger partial charge is 0.0619 e. The number of benzene rings is 12. The van der Waals surface area contributed by atoms with E-state index in [1.807, 2.05) is 0 Å². The Morgan fingerprint density at radius 2 is 0.487 bits per heavy atom. The van der Waals surface area contributed by atoms with E-state index in [9.17, 15) is 0 Å². The van der Waals surface area contributed by atoms with Crippen molar-refractivity contribution in [3.8, 4) is 89.0 Å². The summed E-state index contributed by atoms with van der Waals surface area (Å²) in [6.45, 7) is 14.5. The fourth-order valence-electron chi connectivity index (χ4n) is 16.2. The topological polar surface area (TPSA) is 0 Å². The molecule has 0 amide bonds. The number of rotatable bonds is 3. The maximum Gasteiger partial charge on any atom is 0.0725 e. The Balaban J connectivity index is 0.978. The van der Waals surface area contributed by atoms with Crippen LogP contribution in [0.2, 0.25) is 0 Å².